The normalized spacial score (nSPS) is 14.4. The molecule has 1 aromatic rings. The van der Waals surface area contributed by atoms with Crippen molar-refractivity contribution in [1.29, 1.82) is 0 Å². The van der Waals surface area contributed by atoms with Gasteiger partial charge in [-0.05, 0) is 6.92 Å². The lowest BCUT2D eigenvalue weighted by Crippen LogP contribution is -2.31. The molecule has 1 aromatic heterocycles. The van der Waals surface area contributed by atoms with E-state index >= 15 is 0 Å². The fourth-order valence-electron chi connectivity index (χ4n) is 0.817. The zero-order valence-electron chi connectivity index (χ0n) is 8.89. The molecular weight excluding hydrogens is 261 g/mol. The van der Waals surface area contributed by atoms with Crippen molar-refractivity contribution in [3.05, 3.63) is 12.3 Å². The van der Waals surface area contributed by atoms with Crippen LogP contribution in [0.25, 0.3) is 0 Å². The van der Waals surface area contributed by atoms with Crippen molar-refractivity contribution in [2.75, 3.05) is 6.26 Å². The van der Waals surface area contributed by atoms with Gasteiger partial charge in [0.2, 0.25) is 20.9 Å². The number of ether oxygens (including phenoxy) is 1. The van der Waals surface area contributed by atoms with E-state index in [9.17, 15) is 21.6 Å². The Kier molecular flexibility index (Phi) is 3.60. The average molecular weight is 270 g/mol. The molecule has 0 aromatic carbocycles. The maximum Gasteiger partial charge on any atom is 0.425 e. The number of rotatable bonds is 3. The molecule has 1 atom stereocenters. The van der Waals surface area contributed by atoms with Crippen LogP contribution < -0.4 is 4.74 Å². The summed E-state index contributed by atoms with van der Waals surface area (Å²) in [4.78, 5) is 6.80. The zero-order chi connectivity index (χ0) is 13.3. The maximum absolute atomic E-state index is 12.2. The lowest BCUT2D eigenvalue weighted by Gasteiger charge is -2.16. The van der Waals surface area contributed by atoms with Crippen molar-refractivity contribution >= 4 is 9.84 Å². The molecule has 1 rings (SSSR count). The standard InChI is InChI=1S/C8H9F3N2O3S/c1-5(8(9,10)11)16-6-3-4-12-7(13-6)17(2,14)15/h3-5H,1-2H3. The highest BCUT2D eigenvalue weighted by Gasteiger charge is 2.38. The van der Waals surface area contributed by atoms with E-state index in [2.05, 4.69) is 14.7 Å². The van der Waals surface area contributed by atoms with Crippen LogP contribution in [0.4, 0.5) is 13.2 Å². The van der Waals surface area contributed by atoms with E-state index in [1.165, 1.54) is 0 Å². The van der Waals surface area contributed by atoms with E-state index in [4.69, 9.17) is 0 Å². The molecule has 0 bridgehead atoms. The molecule has 1 unspecified atom stereocenters. The van der Waals surface area contributed by atoms with Gasteiger partial charge >= 0.3 is 6.18 Å². The third kappa shape index (κ3) is 3.84. The van der Waals surface area contributed by atoms with E-state index in [-0.39, 0.29) is 0 Å². The van der Waals surface area contributed by atoms with Crippen LogP contribution in [0.15, 0.2) is 17.4 Å². The molecule has 0 N–H and O–H groups in total. The Morgan fingerprint density at radius 3 is 2.47 bits per heavy atom. The van der Waals surface area contributed by atoms with Gasteiger partial charge in [-0.25, -0.2) is 13.4 Å². The molecule has 0 saturated heterocycles. The molecule has 1 heterocycles. The predicted octanol–water partition coefficient (Wildman–Crippen LogP) is 1.21. The minimum Gasteiger partial charge on any atom is -0.465 e. The number of hydrogen-bond donors (Lipinski definition) is 0. The van der Waals surface area contributed by atoms with Crippen LogP contribution in [-0.2, 0) is 9.84 Å². The summed E-state index contributed by atoms with van der Waals surface area (Å²) >= 11 is 0. The molecular formula is C8H9F3N2O3S. The first-order chi connectivity index (χ1) is 7.60. The lowest BCUT2D eigenvalue weighted by molar-refractivity contribution is -0.190. The van der Waals surface area contributed by atoms with Crippen LogP contribution in [-0.4, -0.2) is 36.9 Å². The summed E-state index contributed by atoms with van der Waals surface area (Å²) < 4.78 is 63.2. The number of nitrogens with zero attached hydrogens (tertiary/aromatic N) is 2. The third-order valence-corrected chi connectivity index (χ3v) is 2.56. The first-order valence-corrected chi connectivity index (χ1v) is 6.26. The fourth-order valence-corrected chi connectivity index (χ4v) is 1.33. The SMILES string of the molecule is CC(Oc1ccnc(S(C)(=O)=O)n1)C(F)(F)F. The van der Waals surface area contributed by atoms with E-state index < -0.39 is 33.2 Å². The average Bonchev–Trinajstić information content (AvgIpc) is 2.15. The monoisotopic (exact) mass is 270 g/mol. The molecule has 9 heteroatoms. The Morgan fingerprint density at radius 1 is 1.41 bits per heavy atom. The van der Waals surface area contributed by atoms with Gasteiger partial charge in [-0.3, -0.25) is 0 Å². The summed E-state index contributed by atoms with van der Waals surface area (Å²) in [5.74, 6) is -0.440. The second-order valence-corrected chi connectivity index (χ2v) is 5.16. The number of halogens is 3. The van der Waals surface area contributed by atoms with E-state index in [1.807, 2.05) is 0 Å². The number of alkyl halides is 3. The maximum atomic E-state index is 12.2. The number of aromatic nitrogens is 2. The van der Waals surface area contributed by atoms with Gasteiger partial charge in [0.05, 0.1) is 0 Å². The van der Waals surface area contributed by atoms with Gasteiger partial charge in [-0.1, -0.05) is 0 Å². The Balaban J connectivity index is 2.95. The second-order valence-electron chi connectivity index (χ2n) is 3.25. The highest BCUT2D eigenvalue weighted by molar-refractivity contribution is 7.90. The van der Waals surface area contributed by atoms with Gasteiger partial charge < -0.3 is 4.74 Å². The third-order valence-electron chi connectivity index (χ3n) is 1.70. The van der Waals surface area contributed by atoms with Gasteiger partial charge in [-0.15, -0.1) is 0 Å². The minimum absolute atomic E-state index is 0.440. The highest BCUT2D eigenvalue weighted by Crippen LogP contribution is 2.23. The first-order valence-electron chi connectivity index (χ1n) is 4.37. The largest absolute Gasteiger partial charge is 0.465 e. The van der Waals surface area contributed by atoms with Crippen molar-refractivity contribution in [3.8, 4) is 5.88 Å². The van der Waals surface area contributed by atoms with Gasteiger partial charge in [-0.2, -0.15) is 18.2 Å². The van der Waals surface area contributed by atoms with E-state index in [1.54, 1.807) is 0 Å². The predicted molar refractivity (Wildman–Crippen MR) is 51.3 cm³/mol. The zero-order valence-corrected chi connectivity index (χ0v) is 9.71. The Hall–Kier alpha value is -1.38. The summed E-state index contributed by atoms with van der Waals surface area (Å²) in [6.07, 6.45) is -4.76. The lowest BCUT2D eigenvalue weighted by atomic mass is 10.4. The topological polar surface area (TPSA) is 69.2 Å². The Morgan fingerprint density at radius 2 is 2.00 bits per heavy atom. The van der Waals surface area contributed by atoms with E-state index in [0.29, 0.717) is 0 Å². The van der Waals surface area contributed by atoms with Crippen molar-refractivity contribution in [1.82, 2.24) is 9.97 Å². The fraction of sp³-hybridized carbons (Fsp3) is 0.500. The molecule has 0 spiro atoms. The molecule has 17 heavy (non-hydrogen) atoms. The van der Waals surface area contributed by atoms with Crippen molar-refractivity contribution in [2.45, 2.75) is 24.4 Å². The van der Waals surface area contributed by atoms with E-state index in [0.717, 1.165) is 25.4 Å². The van der Waals surface area contributed by atoms with Gasteiger partial charge in [0.15, 0.2) is 6.10 Å². The highest BCUT2D eigenvalue weighted by atomic mass is 32.2. The summed E-state index contributed by atoms with van der Waals surface area (Å²) in [5.41, 5.74) is 0. The van der Waals surface area contributed by atoms with Crippen LogP contribution in [0.1, 0.15) is 6.92 Å². The first kappa shape index (κ1) is 13.7. The molecule has 0 fully saturated rings. The molecule has 96 valence electrons. The van der Waals surface area contributed by atoms with Crippen LogP contribution in [0, 0.1) is 0 Å². The smallest absolute Gasteiger partial charge is 0.425 e. The summed E-state index contributed by atoms with van der Waals surface area (Å²) in [7, 11) is -3.68. The second kappa shape index (κ2) is 4.47. The van der Waals surface area contributed by atoms with Crippen LogP contribution >= 0.6 is 0 Å². The van der Waals surface area contributed by atoms with Crippen LogP contribution in [0.5, 0.6) is 5.88 Å². The molecule has 0 aliphatic rings. The Bertz CT molecular complexity index is 501. The molecule has 5 nitrogen and oxygen atoms in total. The Labute approximate surface area is 95.6 Å². The molecule has 0 saturated carbocycles. The summed E-state index contributed by atoms with van der Waals surface area (Å²) in [5, 5.41) is -0.579. The summed E-state index contributed by atoms with van der Waals surface area (Å²) in [6.45, 7) is 0.794. The molecule has 0 amide bonds. The molecule has 0 aliphatic carbocycles. The quantitative estimate of drug-likeness (QED) is 0.772. The summed E-state index contributed by atoms with van der Waals surface area (Å²) in [6, 6.07) is 1.05. The van der Waals surface area contributed by atoms with Crippen LogP contribution in [0.3, 0.4) is 0 Å². The van der Waals surface area contributed by atoms with Crippen molar-refractivity contribution in [2.24, 2.45) is 0 Å². The minimum atomic E-state index is -4.55. The van der Waals surface area contributed by atoms with Crippen molar-refractivity contribution in [3.63, 3.8) is 0 Å². The molecule has 0 aliphatic heterocycles. The van der Waals surface area contributed by atoms with Gasteiger partial charge in [0, 0.05) is 18.5 Å². The van der Waals surface area contributed by atoms with Crippen molar-refractivity contribution < 1.29 is 26.3 Å². The van der Waals surface area contributed by atoms with Gasteiger partial charge in [0.1, 0.15) is 0 Å². The number of sulfone groups is 1. The molecule has 0 radical (unpaired) electrons. The van der Waals surface area contributed by atoms with Gasteiger partial charge in [0.25, 0.3) is 0 Å². The van der Waals surface area contributed by atoms with Crippen LogP contribution in [0.2, 0.25) is 0 Å². The number of hydrogen-bond acceptors (Lipinski definition) is 5.